The molecule has 5 nitrogen and oxygen atoms in total. The van der Waals surface area contributed by atoms with Crippen LogP contribution in [-0.4, -0.2) is 41.5 Å². The summed E-state index contributed by atoms with van der Waals surface area (Å²) in [6.45, 7) is 2.08. The van der Waals surface area contributed by atoms with E-state index in [4.69, 9.17) is 28.4 Å². The Labute approximate surface area is 130 Å². The van der Waals surface area contributed by atoms with E-state index in [1.807, 2.05) is 24.3 Å². The molecule has 21 heavy (non-hydrogen) atoms. The summed E-state index contributed by atoms with van der Waals surface area (Å²) >= 11 is 4.94. The van der Waals surface area contributed by atoms with Crippen LogP contribution in [0, 0.1) is 0 Å². The fourth-order valence-corrected chi connectivity index (χ4v) is 2.73. The lowest BCUT2D eigenvalue weighted by Gasteiger charge is -2.33. The molecule has 1 amide bonds. The Kier molecular flexibility index (Phi) is 5.52. The van der Waals surface area contributed by atoms with E-state index < -0.39 is 0 Å². The van der Waals surface area contributed by atoms with Gasteiger partial charge in [0.1, 0.15) is 17.3 Å². The van der Waals surface area contributed by atoms with E-state index in [1.165, 1.54) is 0 Å². The number of ether oxygens (including phenoxy) is 1. The predicted octanol–water partition coefficient (Wildman–Crippen LogP) is 1.04. The average molecular weight is 307 g/mol. The summed E-state index contributed by atoms with van der Waals surface area (Å²) < 4.78 is 5.72. The predicted molar refractivity (Wildman–Crippen MR) is 86.2 cm³/mol. The van der Waals surface area contributed by atoms with E-state index in [9.17, 15) is 4.79 Å². The van der Waals surface area contributed by atoms with Gasteiger partial charge in [0.25, 0.3) is 0 Å². The molecule has 0 spiro atoms. The van der Waals surface area contributed by atoms with Crippen LogP contribution in [-0.2, 0) is 4.79 Å². The second-order valence-corrected chi connectivity index (χ2v) is 5.63. The number of nitrogens with zero attached hydrogens (tertiary/aromatic N) is 1. The minimum Gasteiger partial charge on any atom is -0.492 e. The van der Waals surface area contributed by atoms with E-state index in [1.54, 1.807) is 0 Å². The number of piperidine rings is 1. The summed E-state index contributed by atoms with van der Waals surface area (Å²) in [7, 11) is 0. The van der Waals surface area contributed by atoms with Crippen LogP contribution in [0.15, 0.2) is 24.3 Å². The largest absolute Gasteiger partial charge is 0.492 e. The lowest BCUT2D eigenvalue weighted by Crippen LogP contribution is -2.48. The lowest BCUT2D eigenvalue weighted by atomic mass is 10.0. The van der Waals surface area contributed by atoms with Gasteiger partial charge in [-0.15, -0.1) is 0 Å². The molecule has 2 rings (SSSR count). The molecular formula is C15H21N3O2S. The minimum atomic E-state index is -0.245. The Morgan fingerprint density at radius 1 is 1.38 bits per heavy atom. The summed E-state index contributed by atoms with van der Waals surface area (Å²) in [5.74, 6) is 0.484. The van der Waals surface area contributed by atoms with Crippen molar-refractivity contribution in [3.63, 3.8) is 0 Å². The quantitative estimate of drug-likeness (QED) is 0.768. The van der Waals surface area contributed by atoms with E-state index in [2.05, 4.69) is 4.90 Å². The van der Waals surface area contributed by atoms with Gasteiger partial charge in [0.15, 0.2) is 0 Å². The highest BCUT2D eigenvalue weighted by atomic mass is 32.1. The Morgan fingerprint density at radius 3 is 2.90 bits per heavy atom. The minimum absolute atomic E-state index is 0.162. The highest BCUT2D eigenvalue weighted by Gasteiger charge is 2.26. The molecule has 1 aromatic carbocycles. The molecule has 1 aliphatic rings. The van der Waals surface area contributed by atoms with Crippen molar-refractivity contribution in [1.82, 2.24) is 4.90 Å². The molecule has 0 radical (unpaired) electrons. The number of benzene rings is 1. The van der Waals surface area contributed by atoms with Gasteiger partial charge >= 0.3 is 0 Å². The lowest BCUT2D eigenvalue weighted by molar-refractivity contribution is -0.124. The molecule has 4 N–H and O–H groups in total. The Morgan fingerprint density at radius 2 is 2.19 bits per heavy atom. The van der Waals surface area contributed by atoms with Gasteiger partial charge in [-0.25, -0.2) is 0 Å². The summed E-state index contributed by atoms with van der Waals surface area (Å²) in [5.41, 5.74) is 11.8. The summed E-state index contributed by atoms with van der Waals surface area (Å²) in [5, 5.41) is 0. The highest BCUT2D eigenvalue weighted by molar-refractivity contribution is 7.80. The molecule has 1 saturated heterocycles. The van der Waals surface area contributed by atoms with Crippen molar-refractivity contribution in [2.75, 3.05) is 19.7 Å². The third-order valence-corrected chi connectivity index (χ3v) is 3.94. The Hall–Kier alpha value is -1.66. The van der Waals surface area contributed by atoms with Gasteiger partial charge in [0, 0.05) is 12.1 Å². The maximum Gasteiger partial charge on any atom is 0.234 e. The molecule has 114 valence electrons. The standard InChI is InChI=1S/C15H21N3O2S/c16-14(19)13-6-1-2-7-18(13)8-9-20-12-5-3-4-11(10-12)15(17)21/h3-5,10,13H,1-2,6-9H2,(H2,16,19)(H2,17,21). The maximum absolute atomic E-state index is 11.4. The van der Waals surface area contributed by atoms with Crippen LogP contribution in [0.25, 0.3) is 0 Å². The number of carbonyl (C=O) groups is 1. The van der Waals surface area contributed by atoms with Crippen LogP contribution < -0.4 is 16.2 Å². The number of thiocarbonyl (C=S) groups is 1. The first-order valence-electron chi connectivity index (χ1n) is 7.14. The second-order valence-electron chi connectivity index (χ2n) is 5.19. The summed E-state index contributed by atoms with van der Waals surface area (Å²) in [4.78, 5) is 13.9. The van der Waals surface area contributed by atoms with Crippen LogP contribution in [0.1, 0.15) is 24.8 Å². The first-order chi connectivity index (χ1) is 10.1. The van der Waals surface area contributed by atoms with Gasteiger partial charge < -0.3 is 16.2 Å². The zero-order chi connectivity index (χ0) is 15.2. The number of hydrogen-bond donors (Lipinski definition) is 2. The molecule has 0 aliphatic carbocycles. The van der Waals surface area contributed by atoms with Crippen LogP contribution in [0.3, 0.4) is 0 Å². The first-order valence-corrected chi connectivity index (χ1v) is 7.55. The summed E-state index contributed by atoms with van der Waals surface area (Å²) in [6.07, 6.45) is 2.99. The Balaban J connectivity index is 1.87. The fraction of sp³-hybridized carbons (Fsp3) is 0.467. The van der Waals surface area contributed by atoms with Crippen molar-refractivity contribution in [1.29, 1.82) is 0 Å². The number of carbonyl (C=O) groups excluding carboxylic acids is 1. The van der Waals surface area contributed by atoms with Crippen LogP contribution in [0.5, 0.6) is 5.75 Å². The van der Waals surface area contributed by atoms with Crippen LogP contribution >= 0.6 is 12.2 Å². The van der Waals surface area contributed by atoms with Gasteiger partial charge in [-0.1, -0.05) is 30.8 Å². The number of nitrogens with two attached hydrogens (primary N) is 2. The van der Waals surface area contributed by atoms with E-state index in [0.29, 0.717) is 18.1 Å². The topological polar surface area (TPSA) is 81.6 Å². The van der Waals surface area contributed by atoms with Crippen LogP contribution in [0.4, 0.5) is 0 Å². The number of likely N-dealkylation sites (tertiary alicyclic amines) is 1. The molecule has 1 fully saturated rings. The van der Waals surface area contributed by atoms with Crippen molar-refractivity contribution in [2.24, 2.45) is 11.5 Å². The molecule has 0 saturated carbocycles. The third-order valence-electron chi connectivity index (χ3n) is 3.71. The first kappa shape index (κ1) is 15.7. The van der Waals surface area contributed by atoms with Gasteiger partial charge in [0.2, 0.25) is 5.91 Å². The molecular weight excluding hydrogens is 286 g/mol. The highest BCUT2D eigenvalue weighted by Crippen LogP contribution is 2.17. The number of rotatable bonds is 6. The molecule has 1 aliphatic heterocycles. The molecule has 6 heteroatoms. The average Bonchev–Trinajstić information content (AvgIpc) is 2.48. The maximum atomic E-state index is 11.4. The summed E-state index contributed by atoms with van der Waals surface area (Å²) in [6, 6.07) is 7.23. The van der Waals surface area contributed by atoms with Gasteiger partial charge in [0.05, 0.1) is 6.04 Å². The molecule has 1 atom stereocenters. The van der Waals surface area contributed by atoms with Gasteiger partial charge in [-0.05, 0) is 31.5 Å². The van der Waals surface area contributed by atoms with E-state index in [-0.39, 0.29) is 11.9 Å². The SMILES string of the molecule is NC(=O)C1CCCCN1CCOc1cccc(C(N)=S)c1. The van der Waals surface area contributed by atoms with Gasteiger partial charge in [-0.2, -0.15) is 0 Å². The van der Waals surface area contributed by atoms with Crippen molar-refractivity contribution < 1.29 is 9.53 Å². The molecule has 1 aromatic rings. The smallest absolute Gasteiger partial charge is 0.234 e. The van der Waals surface area contributed by atoms with Crippen molar-refractivity contribution in [3.8, 4) is 5.75 Å². The normalized spacial score (nSPS) is 19.1. The number of amides is 1. The molecule has 1 heterocycles. The zero-order valence-electron chi connectivity index (χ0n) is 12.0. The molecule has 0 aromatic heterocycles. The van der Waals surface area contributed by atoms with Crippen molar-refractivity contribution in [3.05, 3.63) is 29.8 Å². The Bertz CT molecular complexity index is 521. The monoisotopic (exact) mass is 307 g/mol. The van der Waals surface area contributed by atoms with Crippen LogP contribution in [0.2, 0.25) is 0 Å². The molecule has 0 bridgehead atoms. The molecule has 1 unspecified atom stereocenters. The number of hydrogen-bond acceptors (Lipinski definition) is 4. The van der Waals surface area contributed by atoms with Gasteiger partial charge in [-0.3, -0.25) is 9.69 Å². The fourth-order valence-electron chi connectivity index (χ4n) is 2.60. The van der Waals surface area contributed by atoms with Crippen molar-refractivity contribution in [2.45, 2.75) is 25.3 Å². The van der Waals surface area contributed by atoms with Crippen molar-refractivity contribution >= 4 is 23.1 Å². The second kappa shape index (κ2) is 7.38. The number of primary amides is 1. The van der Waals surface area contributed by atoms with E-state index in [0.717, 1.165) is 37.1 Å². The third kappa shape index (κ3) is 4.41. The zero-order valence-corrected chi connectivity index (χ0v) is 12.8. The van der Waals surface area contributed by atoms with E-state index >= 15 is 0 Å².